The van der Waals surface area contributed by atoms with Crippen LogP contribution in [0, 0.1) is 0 Å². The van der Waals surface area contributed by atoms with Crippen LogP contribution in [0.5, 0.6) is 0 Å². The molecule has 147 heavy (non-hydrogen) atoms. The van der Waals surface area contributed by atoms with Crippen LogP contribution < -0.4 is 0 Å². The van der Waals surface area contributed by atoms with Gasteiger partial charge in [0, 0.05) is 132 Å². The Balaban J connectivity index is 0.000000107. The van der Waals surface area contributed by atoms with Crippen LogP contribution in [0.25, 0.3) is 281 Å². The Morgan fingerprint density at radius 3 is 0.639 bits per heavy atom. The zero-order chi connectivity index (χ0) is 96.9. The van der Waals surface area contributed by atoms with E-state index in [-0.39, 0.29) is 0 Å². The lowest BCUT2D eigenvalue weighted by molar-refractivity contribution is 1.08. The molecule has 0 amide bonds. The number of nitrogens with zero attached hydrogens (tertiary/aromatic N) is 10. The zero-order valence-electron chi connectivity index (χ0n) is 79.6. The van der Waals surface area contributed by atoms with Crippen molar-refractivity contribution < 1.29 is 0 Å². The van der Waals surface area contributed by atoms with Crippen molar-refractivity contribution in [2.75, 3.05) is 0 Å². The number of aromatic nitrogens is 10. The summed E-state index contributed by atoms with van der Waals surface area (Å²) < 4.78 is 7.31. The Morgan fingerprint density at radius 1 is 0.122 bits per heavy atom. The molecule has 0 spiro atoms. The highest BCUT2D eigenvalue weighted by Gasteiger charge is 2.29. The molecule has 24 aromatic carbocycles. The van der Waals surface area contributed by atoms with Gasteiger partial charge in [-0.15, -0.1) is 0 Å². The largest absolute Gasteiger partial charge is 0.309 e. The first-order chi connectivity index (χ1) is 73.0. The second-order valence-corrected chi connectivity index (χ2v) is 37.5. The van der Waals surface area contributed by atoms with Gasteiger partial charge < -0.3 is 13.7 Å². The van der Waals surface area contributed by atoms with Crippen LogP contribution in [0.1, 0.15) is 0 Å². The van der Waals surface area contributed by atoms with Crippen molar-refractivity contribution in [1.29, 1.82) is 0 Å². The zero-order valence-corrected chi connectivity index (χ0v) is 79.6. The molecule has 684 valence electrons. The molecule has 30 rings (SSSR count). The summed E-state index contributed by atoms with van der Waals surface area (Å²) in [5, 5.41) is 29.1. The fraction of sp³-hybridized carbons (Fsp3) is 0. The summed E-state index contributed by atoms with van der Waals surface area (Å²) >= 11 is 0. The van der Waals surface area contributed by atoms with Gasteiger partial charge >= 0.3 is 0 Å². The van der Waals surface area contributed by atoms with Crippen LogP contribution in [0.2, 0.25) is 0 Å². The Bertz CT molecular complexity index is 9340. The smallest absolute Gasteiger partial charge is 0.164 e. The second kappa shape index (κ2) is 35.8. The number of fused-ring (bicyclic) bond motifs is 30. The van der Waals surface area contributed by atoms with Gasteiger partial charge in [0.15, 0.2) is 29.1 Å². The Hall–Kier alpha value is -19.8. The maximum atomic E-state index is 5.28. The Labute approximate surface area is 845 Å². The minimum Gasteiger partial charge on any atom is -0.309 e. The number of para-hydroxylation sites is 6. The van der Waals surface area contributed by atoms with Crippen LogP contribution in [0.15, 0.2) is 522 Å². The summed E-state index contributed by atoms with van der Waals surface area (Å²) in [6.45, 7) is 0. The summed E-state index contributed by atoms with van der Waals surface area (Å²) in [6.07, 6.45) is 0. The van der Waals surface area contributed by atoms with Crippen LogP contribution in [-0.2, 0) is 0 Å². The first-order valence-corrected chi connectivity index (χ1v) is 49.9. The van der Waals surface area contributed by atoms with E-state index < -0.39 is 0 Å². The summed E-state index contributed by atoms with van der Waals surface area (Å²) in [5.41, 5.74) is 23.5. The van der Waals surface area contributed by atoms with E-state index in [2.05, 4.69) is 463 Å². The van der Waals surface area contributed by atoms with Crippen LogP contribution >= 0.6 is 0 Å². The summed E-state index contributed by atoms with van der Waals surface area (Å²) in [4.78, 5) is 36.2. The lowest BCUT2D eigenvalue weighted by Gasteiger charge is -2.17. The van der Waals surface area contributed by atoms with Gasteiger partial charge in [-0.1, -0.05) is 437 Å². The molecule has 0 N–H and O–H groups in total. The first kappa shape index (κ1) is 85.2. The van der Waals surface area contributed by atoms with Crippen molar-refractivity contribution in [3.05, 3.63) is 522 Å². The molecule has 10 heteroatoms. The van der Waals surface area contributed by atoms with Gasteiger partial charge in [-0.2, -0.15) is 0 Å². The lowest BCUT2D eigenvalue weighted by atomic mass is 9.89. The lowest BCUT2D eigenvalue weighted by Crippen LogP contribution is -2.01. The third-order valence-corrected chi connectivity index (χ3v) is 29.1. The maximum absolute atomic E-state index is 5.28. The van der Waals surface area contributed by atoms with E-state index in [1.54, 1.807) is 0 Å². The van der Waals surface area contributed by atoms with Gasteiger partial charge in [-0.05, 0) is 150 Å². The van der Waals surface area contributed by atoms with Crippen LogP contribution in [0.3, 0.4) is 0 Å². The van der Waals surface area contributed by atoms with E-state index in [4.69, 9.17) is 34.9 Å². The molecule has 6 aromatic heterocycles. The predicted molar refractivity (Wildman–Crippen MR) is 613 cm³/mol. The molecule has 0 unspecified atom stereocenters. The summed E-state index contributed by atoms with van der Waals surface area (Å²) in [6, 6.07) is 184. The average molecular weight is 1870 g/mol. The summed E-state index contributed by atoms with van der Waals surface area (Å²) in [5.74, 6) is 3.39. The van der Waals surface area contributed by atoms with Crippen molar-refractivity contribution >= 4 is 162 Å². The third kappa shape index (κ3) is 14.4. The Kier molecular flexibility index (Phi) is 20.7. The molecule has 6 heterocycles. The van der Waals surface area contributed by atoms with Crippen molar-refractivity contribution in [3.8, 4) is 119 Å². The van der Waals surface area contributed by atoms with Crippen molar-refractivity contribution in [1.82, 2.24) is 48.6 Å². The number of hydrogen-bond donors (Lipinski definition) is 0. The van der Waals surface area contributed by atoms with E-state index in [1.165, 1.54) is 152 Å². The molecule has 0 aliphatic rings. The minimum absolute atomic E-state index is 0.653. The van der Waals surface area contributed by atoms with Gasteiger partial charge in [0.25, 0.3) is 0 Å². The number of hydrogen-bond acceptors (Lipinski definition) is 7. The normalized spacial score (nSPS) is 11.7. The molecule has 10 nitrogen and oxygen atoms in total. The van der Waals surface area contributed by atoms with Crippen molar-refractivity contribution in [2.45, 2.75) is 0 Å². The molecule has 0 saturated carbocycles. The average Bonchev–Trinajstić information content (AvgIpc) is 1.53. The predicted octanol–water partition coefficient (Wildman–Crippen LogP) is 35.5. The topological polar surface area (TPSA) is 105 Å². The van der Waals surface area contributed by atoms with Crippen LogP contribution in [-0.4, -0.2) is 48.6 Å². The molecule has 0 radical (unpaired) electrons. The van der Waals surface area contributed by atoms with E-state index in [0.29, 0.717) is 29.1 Å². The minimum atomic E-state index is 0.653. The van der Waals surface area contributed by atoms with Crippen LogP contribution in [0.4, 0.5) is 0 Å². The maximum Gasteiger partial charge on any atom is 0.164 e. The standard InChI is InChI=1S/2C46H29N3.C45H28N4/c1-4-16-30(17-5-1)40-29-41(31-18-6-2-7-19-31)48-46(47-40)39-28-38-34-23-11-13-25-36(34)45-44(43(38)35-24-12-10-22-33(35)39)37-26-14-15-27-42(37)49(45)32-20-8-3-9-21-32;1-4-16-30(17-5-1)40-29-41(48-46(47-40)31-18-6-2-7-19-31)38-28-39-34-23-11-13-25-36(34)45-44(43(39)35-24-12-10-22-33(35)38)37-26-14-15-27-42(37)49(45)32-20-8-3-9-21-32;1-4-16-29(17-5-1)43-46-44(30-18-6-2-7-19-30)48-45(47-43)38-28-37-33-23-11-13-25-35(33)42-41(40(37)34-24-12-10-22-32(34)38)36-26-14-15-27-39(36)49(42)31-20-8-3-9-21-31/h2*1-29H;1-28H. The third-order valence-electron chi connectivity index (χ3n) is 29.1. The van der Waals surface area contributed by atoms with E-state index >= 15 is 0 Å². The molecule has 0 aliphatic heterocycles. The molecule has 0 bridgehead atoms. The second-order valence-electron chi connectivity index (χ2n) is 37.5. The van der Waals surface area contributed by atoms with E-state index in [1.807, 2.05) is 72.8 Å². The van der Waals surface area contributed by atoms with Gasteiger partial charge in [0.1, 0.15) is 0 Å². The fourth-order valence-electron chi connectivity index (χ4n) is 22.8. The number of rotatable bonds is 12. The molecule has 30 aromatic rings. The Morgan fingerprint density at radius 2 is 0.327 bits per heavy atom. The van der Waals surface area contributed by atoms with Gasteiger partial charge in [0.2, 0.25) is 0 Å². The molecule has 0 aliphatic carbocycles. The summed E-state index contributed by atoms with van der Waals surface area (Å²) in [7, 11) is 0. The SMILES string of the molecule is c1ccc(-c2cc(-c3cc4c5ccccc5c5c(c6ccccc6n5-c5ccccc5)c4c4ccccc34)nc(-c3ccccc3)n2)cc1.c1ccc(-c2cc(-c3ccccc3)nc(-c3cc4c5ccccc5c5c(c6ccccc6n5-c5ccccc5)c4c4ccccc34)n2)cc1.c1ccc(-c2nc(-c3ccccc3)nc(-c3cc4c5ccccc5c5c(c6ccccc6n5-c5ccccc5)c4c4ccccc34)n2)cc1. The van der Waals surface area contributed by atoms with Gasteiger partial charge in [-0.25, -0.2) is 34.9 Å². The molecule has 0 fully saturated rings. The fourth-order valence-corrected chi connectivity index (χ4v) is 22.8. The van der Waals surface area contributed by atoms with Crippen molar-refractivity contribution in [3.63, 3.8) is 0 Å². The van der Waals surface area contributed by atoms with Gasteiger partial charge in [-0.3, -0.25) is 0 Å². The molecule has 0 atom stereocenters. The number of benzene rings is 24. The van der Waals surface area contributed by atoms with Gasteiger partial charge in [0.05, 0.1) is 55.9 Å². The quantitative estimate of drug-likeness (QED) is 0.112. The molecular weight excluding hydrogens is 1790 g/mol. The highest BCUT2D eigenvalue weighted by Crippen LogP contribution is 2.53. The highest BCUT2D eigenvalue weighted by atomic mass is 15.0. The molecule has 0 saturated heterocycles. The van der Waals surface area contributed by atoms with E-state index in [9.17, 15) is 0 Å². The van der Waals surface area contributed by atoms with E-state index in [0.717, 1.165) is 101 Å². The first-order valence-electron chi connectivity index (χ1n) is 49.9. The van der Waals surface area contributed by atoms with Crippen molar-refractivity contribution in [2.24, 2.45) is 0 Å². The monoisotopic (exact) mass is 1870 g/mol. The highest BCUT2D eigenvalue weighted by molar-refractivity contribution is 6.41. The molecular formula is C137H86N10.